The molecule has 1 N–H and O–H groups in total. The molecule has 1 aromatic carbocycles. The average molecular weight is 276 g/mol. The summed E-state index contributed by atoms with van der Waals surface area (Å²) >= 11 is 0. The Bertz CT molecular complexity index is 474. The molecule has 1 aromatic rings. The first kappa shape index (κ1) is 14.9. The molecule has 1 saturated heterocycles. The lowest BCUT2D eigenvalue weighted by atomic mass is 10.1. The van der Waals surface area contributed by atoms with E-state index in [0.29, 0.717) is 19.7 Å². The maximum absolute atomic E-state index is 12.5. The highest BCUT2D eigenvalue weighted by molar-refractivity contribution is 5.96. The summed E-state index contributed by atoms with van der Waals surface area (Å²) in [6, 6.07) is 5.96. The molecular formula is C16H24N2O2. The van der Waals surface area contributed by atoms with Gasteiger partial charge in [-0.05, 0) is 44.0 Å². The number of carbonyl (C=O) groups is 1. The van der Waals surface area contributed by atoms with E-state index in [1.54, 1.807) is 0 Å². The summed E-state index contributed by atoms with van der Waals surface area (Å²) in [4.78, 5) is 14.4. The van der Waals surface area contributed by atoms with E-state index >= 15 is 0 Å². The van der Waals surface area contributed by atoms with Crippen molar-refractivity contribution in [3.8, 4) is 0 Å². The van der Waals surface area contributed by atoms with Gasteiger partial charge in [0.2, 0.25) is 0 Å². The van der Waals surface area contributed by atoms with Crippen LogP contribution >= 0.6 is 0 Å². The molecule has 1 fully saturated rings. The topological polar surface area (TPSA) is 41.6 Å². The number of nitrogens with zero attached hydrogens (tertiary/aromatic N) is 1. The van der Waals surface area contributed by atoms with E-state index in [4.69, 9.17) is 4.74 Å². The normalized spacial score (nSPS) is 18.9. The number of anilines is 1. The molecule has 0 bridgehead atoms. The number of rotatable bonds is 4. The van der Waals surface area contributed by atoms with Crippen LogP contribution in [0.25, 0.3) is 0 Å². The van der Waals surface area contributed by atoms with Crippen molar-refractivity contribution >= 4 is 11.6 Å². The molecule has 2 rings (SSSR count). The van der Waals surface area contributed by atoms with Crippen LogP contribution in [0.1, 0.15) is 36.2 Å². The lowest BCUT2D eigenvalue weighted by molar-refractivity contribution is -0.0124. The van der Waals surface area contributed by atoms with Gasteiger partial charge in [-0.1, -0.05) is 6.92 Å². The van der Waals surface area contributed by atoms with E-state index < -0.39 is 0 Å². The minimum atomic E-state index is 0.111. The highest BCUT2D eigenvalue weighted by Crippen LogP contribution is 2.18. The highest BCUT2D eigenvalue weighted by Gasteiger charge is 2.23. The molecule has 0 aromatic heterocycles. The number of morpholine rings is 1. The van der Waals surface area contributed by atoms with Crippen LogP contribution in [0.3, 0.4) is 0 Å². The van der Waals surface area contributed by atoms with Crippen molar-refractivity contribution in [2.75, 3.05) is 31.6 Å². The number of amides is 1. The third-order valence-corrected chi connectivity index (χ3v) is 3.56. The Labute approximate surface area is 121 Å². The Morgan fingerprint density at radius 3 is 2.95 bits per heavy atom. The number of benzene rings is 1. The monoisotopic (exact) mass is 276 g/mol. The predicted octanol–water partition coefficient (Wildman–Crippen LogP) is 2.68. The zero-order valence-corrected chi connectivity index (χ0v) is 12.6. The standard InChI is InChI=1S/C16H24N2O2/c1-4-7-17-14-5-6-15(12(2)10-14)16(19)18-8-9-20-13(3)11-18/h5-6,10,13,17H,4,7-9,11H2,1-3H3. The van der Waals surface area contributed by atoms with E-state index in [1.165, 1.54) is 0 Å². The van der Waals surface area contributed by atoms with Crippen LogP contribution in [-0.4, -0.2) is 43.2 Å². The number of carbonyl (C=O) groups excluding carboxylic acids is 1. The second-order valence-corrected chi connectivity index (χ2v) is 5.39. The van der Waals surface area contributed by atoms with E-state index in [9.17, 15) is 4.79 Å². The molecule has 0 spiro atoms. The van der Waals surface area contributed by atoms with Crippen molar-refractivity contribution in [2.45, 2.75) is 33.3 Å². The van der Waals surface area contributed by atoms with Crippen molar-refractivity contribution in [1.82, 2.24) is 4.90 Å². The molecular weight excluding hydrogens is 252 g/mol. The minimum absolute atomic E-state index is 0.111. The first-order valence-electron chi connectivity index (χ1n) is 7.37. The van der Waals surface area contributed by atoms with E-state index in [0.717, 1.165) is 29.8 Å². The maximum Gasteiger partial charge on any atom is 0.254 e. The van der Waals surface area contributed by atoms with Gasteiger partial charge < -0.3 is 15.0 Å². The van der Waals surface area contributed by atoms with Crippen molar-refractivity contribution < 1.29 is 9.53 Å². The van der Waals surface area contributed by atoms with E-state index in [2.05, 4.69) is 12.2 Å². The Balaban J connectivity index is 2.09. The second kappa shape index (κ2) is 6.75. The van der Waals surface area contributed by atoms with Crippen LogP contribution in [0.15, 0.2) is 18.2 Å². The van der Waals surface area contributed by atoms with Gasteiger partial charge in [-0.2, -0.15) is 0 Å². The molecule has 20 heavy (non-hydrogen) atoms. The fourth-order valence-corrected chi connectivity index (χ4v) is 2.46. The quantitative estimate of drug-likeness (QED) is 0.919. The Kier molecular flexibility index (Phi) is 5.01. The summed E-state index contributed by atoms with van der Waals surface area (Å²) in [7, 11) is 0. The van der Waals surface area contributed by atoms with Gasteiger partial charge in [0.05, 0.1) is 12.7 Å². The zero-order chi connectivity index (χ0) is 14.5. The fourth-order valence-electron chi connectivity index (χ4n) is 2.46. The predicted molar refractivity (Wildman–Crippen MR) is 81.3 cm³/mol. The summed E-state index contributed by atoms with van der Waals surface area (Å²) in [6.45, 7) is 9.07. The van der Waals surface area contributed by atoms with Crippen LogP contribution in [-0.2, 0) is 4.74 Å². The van der Waals surface area contributed by atoms with Crippen molar-refractivity contribution in [3.05, 3.63) is 29.3 Å². The molecule has 1 aliphatic heterocycles. The van der Waals surface area contributed by atoms with Crippen LogP contribution in [0.4, 0.5) is 5.69 Å². The minimum Gasteiger partial charge on any atom is -0.385 e. The third kappa shape index (κ3) is 3.51. The Morgan fingerprint density at radius 1 is 1.50 bits per heavy atom. The fraction of sp³-hybridized carbons (Fsp3) is 0.562. The number of hydrogen-bond donors (Lipinski definition) is 1. The van der Waals surface area contributed by atoms with Crippen LogP contribution < -0.4 is 5.32 Å². The molecule has 1 atom stereocenters. The van der Waals surface area contributed by atoms with Gasteiger partial charge in [0.1, 0.15) is 0 Å². The number of hydrogen-bond acceptors (Lipinski definition) is 3. The molecule has 4 heteroatoms. The van der Waals surface area contributed by atoms with E-state index in [1.807, 2.05) is 36.9 Å². The van der Waals surface area contributed by atoms with Gasteiger partial charge in [0, 0.05) is 30.9 Å². The van der Waals surface area contributed by atoms with E-state index in [-0.39, 0.29) is 12.0 Å². The van der Waals surface area contributed by atoms with Crippen molar-refractivity contribution in [3.63, 3.8) is 0 Å². The van der Waals surface area contributed by atoms with Gasteiger partial charge in [0.25, 0.3) is 5.91 Å². The number of nitrogens with one attached hydrogen (secondary N) is 1. The lowest BCUT2D eigenvalue weighted by Crippen LogP contribution is -2.44. The molecule has 1 heterocycles. The van der Waals surface area contributed by atoms with Crippen LogP contribution in [0.2, 0.25) is 0 Å². The molecule has 0 radical (unpaired) electrons. The first-order valence-corrected chi connectivity index (χ1v) is 7.37. The van der Waals surface area contributed by atoms with Gasteiger partial charge in [-0.3, -0.25) is 4.79 Å². The summed E-state index contributed by atoms with van der Waals surface area (Å²) in [5, 5.41) is 3.34. The highest BCUT2D eigenvalue weighted by atomic mass is 16.5. The maximum atomic E-state index is 12.5. The second-order valence-electron chi connectivity index (χ2n) is 5.39. The van der Waals surface area contributed by atoms with Gasteiger partial charge in [-0.25, -0.2) is 0 Å². The molecule has 1 unspecified atom stereocenters. The van der Waals surface area contributed by atoms with Crippen molar-refractivity contribution in [2.24, 2.45) is 0 Å². The Hall–Kier alpha value is -1.55. The number of aryl methyl sites for hydroxylation is 1. The average Bonchev–Trinajstić information content (AvgIpc) is 2.44. The number of ether oxygens (including phenoxy) is 1. The van der Waals surface area contributed by atoms with Crippen LogP contribution in [0, 0.1) is 6.92 Å². The molecule has 4 nitrogen and oxygen atoms in total. The summed E-state index contributed by atoms with van der Waals surface area (Å²) < 4.78 is 5.48. The first-order chi connectivity index (χ1) is 9.61. The molecule has 1 amide bonds. The SMILES string of the molecule is CCCNc1ccc(C(=O)N2CCOC(C)C2)c(C)c1. The summed E-state index contributed by atoms with van der Waals surface area (Å²) in [5.41, 5.74) is 2.90. The molecule has 110 valence electrons. The summed E-state index contributed by atoms with van der Waals surface area (Å²) in [6.07, 6.45) is 1.21. The molecule has 0 aliphatic carbocycles. The van der Waals surface area contributed by atoms with Gasteiger partial charge in [-0.15, -0.1) is 0 Å². The zero-order valence-electron chi connectivity index (χ0n) is 12.6. The van der Waals surface area contributed by atoms with Crippen LogP contribution in [0.5, 0.6) is 0 Å². The lowest BCUT2D eigenvalue weighted by Gasteiger charge is -2.31. The third-order valence-electron chi connectivity index (χ3n) is 3.56. The molecule has 1 aliphatic rings. The van der Waals surface area contributed by atoms with Gasteiger partial charge >= 0.3 is 0 Å². The van der Waals surface area contributed by atoms with Gasteiger partial charge in [0.15, 0.2) is 0 Å². The summed E-state index contributed by atoms with van der Waals surface area (Å²) in [5.74, 6) is 0.111. The smallest absolute Gasteiger partial charge is 0.254 e. The Morgan fingerprint density at radius 2 is 2.30 bits per heavy atom. The van der Waals surface area contributed by atoms with Crippen molar-refractivity contribution in [1.29, 1.82) is 0 Å². The largest absolute Gasteiger partial charge is 0.385 e. The molecule has 0 saturated carbocycles.